The van der Waals surface area contributed by atoms with Crippen LogP contribution in [0.15, 0.2) is 18.2 Å². The zero-order valence-corrected chi connectivity index (χ0v) is 10.2. The van der Waals surface area contributed by atoms with Gasteiger partial charge in [0.1, 0.15) is 0 Å². The summed E-state index contributed by atoms with van der Waals surface area (Å²) in [4.78, 5) is 0. The Kier molecular flexibility index (Phi) is 4.00. The van der Waals surface area contributed by atoms with Crippen molar-refractivity contribution in [2.24, 2.45) is 5.92 Å². The van der Waals surface area contributed by atoms with Crippen molar-refractivity contribution < 1.29 is 0 Å². The van der Waals surface area contributed by atoms with Crippen LogP contribution in [0, 0.1) is 12.8 Å². The van der Waals surface area contributed by atoms with Crippen LogP contribution in [0.1, 0.15) is 44.2 Å². The van der Waals surface area contributed by atoms with Crippen molar-refractivity contribution in [1.82, 2.24) is 0 Å². The minimum Gasteiger partial charge on any atom is -0.0840 e. The third-order valence-electron chi connectivity index (χ3n) is 2.87. The summed E-state index contributed by atoms with van der Waals surface area (Å²) in [5.74, 6) is 1.31. The number of hydrogen-bond donors (Lipinski definition) is 0. The Labute approximate surface area is 92.3 Å². The first-order chi connectivity index (χ1) is 6.56. The number of rotatable bonds is 3. The monoisotopic (exact) mass is 210 g/mol. The molecule has 0 unspecified atom stereocenters. The van der Waals surface area contributed by atoms with Gasteiger partial charge in [0.2, 0.25) is 0 Å². The molecule has 0 aliphatic heterocycles. The molecule has 1 rings (SSSR count). The summed E-state index contributed by atoms with van der Waals surface area (Å²) in [6.07, 6.45) is 1.18. The molecule has 0 fully saturated rings. The third-order valence-corrected chi connectivity index (χ3v) is 3.28. The van der Waals surface area contributed by atoms with Crippen molar-refractivity contribution in [3.63, 3.8) is 0 Å². The van der Waals surface area contributed by atoms with Crippen LogP contribution in [0.3, 0.4) is 0 Å². The summed E-state index contributed by atoms with van der Waals surface area (Å²) < 4.78 is 0. The minimum atomic E-state index is 0.632. The molecule has 0 spiro atoms. The van der Waals surface area contributed by atoms with Gasteiger partial charge in [0.05, 0.1) is 0 Å². The molecular weight excluding hydrogens is 192 g/mol. The molecule has 1 aromatic carbocycles. The Morgan fingerprint density at radius 3 is 2.36 bits per heavy atom. The molecule has 1 heteroatoms. The molecule has 14 heavy (non-hydrogen) atoms. The van der Waals surface area contributed by atoms with Gasteiger partial charge in [-0.2, -0.15) is 0 Å². The van der Waals surface area contributed by atoms with Crippen molar-refractivity contribution in [2.45, 2.75) is 40.0 Å². The molecule has 0 amide bonds. The number of benzene rings is 1. The fraction of sp³-hybridized carbons (Fsp3) is 0.538. The van der Waals surface area contributed by atoms with Crippen molar-refractivity contribution in [2.75, 3.05) is 0 Å². The van der Waals surface area contributed by atoms with Crippen LogP contribution in [0.25, 0.3) is 0 Å². The lowest BCUT2D eigenvalue weighted by atomic mass is 9.86. The summed E-state index contributed by atoms with van der Waals surface area (Å²) in [6, 6.07) is 6.43. The molecule has 0 aliphatic carbocycles. The first kappa shape index (κ1) is 11.6. The second kappa shape index (κ2) is 4.84. The molecule has 0 bridgehead atoms. The molecule has 1 aromatic rings. The average molecular weight is 211 g/mol. The fourth-order valence-corrected chi connectivity index (χ4v) is 2.12. The van der Waals surface area contributed by atoms with E-state index < -0.39 is 0 Å². The van der Waals surface area contributed by atoms with E-state index >= 15 is 0 Å². The molecule has 0 radical (unpaired) electrons. The molecule has 0 nitrogen and oxygen atoms in total. The lowest BCUT2D eigenvalue weighted by Gasteiger charge is -2.20. The zero-order chi connectivity index (χ0) is 10.7. The molecule has 78 valence electrons. The van der Waals surface area contributed by atoms with E-state index in [2.05, 4.69) is 39.0 Å². The topological polar surface area (TPSA) is 0 Å². The van der Waals surface area contributed by atoms with Gasteiger partial charge in [-0.1, -0.05) is 44.5 Å². The Hall–Kier alpha value is -0.490. The summed E-state index contributed by atoms with van der Waals surface area (Å²) in [5.41, 5.74) is 2.53. The quantitative estimate of drug-likeness (QED) is 0.673. The number of aryl methyl sites for hydroxylation is 1. The van der Waals surface area contributed by atoms with Crippen LogP contribution in [0.4, 0.5) is 0 Å². The highest BCUT2D eigenvalue weighted by molar-refractivity contribution is 6.31. The van der Waals surface area contributed by atoms with Crippen LogP contribution in [0.2, 0.25) is 5.02 Å². The highest BCUT2D eigenvalue weighted by Crippen LogP contribution is 2.30. The molecule has 0 saturated carbocycles. The Morgan fingerprint density at radius 2 is 1.93 bits per heavy atom. The van der Waals surface area contributed by atoms with Crippen LogP contribution in [-0.4, -0.2) is 0 Å². The van der Waals surface area contributed by atoms with Gasteiger partial charge in [0.25, 0.3) is 0 Å². The van der Waals surface area contributed by atoms with Gasteiger partial charge < -0.3 is 0 Å². The standard InChI is InChI=1S/C13H19Cl/c1-5-12(9(2)3)11-7-6-10(4)13(14)8-11/h6-9,12H,5H2,1-4H3/t12-/m0/s1. The highest BCUT2D eigenvalue weighted by Gasteiger charge is 2.13. The van der Waals surface area contributed by atoms with Gasteiger partial charge in [-0.05, 0) is 42.4 Å². The largest absolute Gasteiger partial charge is 0.0840 e. The minimum absolute atomic E-state index is 0.632. The number of halogens is 1. The maximum atomic E-state index is 6.12. The molecule has 0 heterocycles. The van der Waals surface area contributed by atoms with E-state index in [1.165, 1.54) is 12.0 Å². The average Bonchev–Trinajstić information content (AvgIpc) is 2.11. The summed E-state index contributed by atoms with van der Waals surface area (Å²) in [5, 5.41) is 0.890. The second-order valence-corrected chi connectivity index (χ2v) is 4.67. The van der Waals surface area contributed by atoms with Crippen LogP contribution in [0.5, 0.6) is 0 Å². The van der Waals surface area contributed by atoms with Gasteiger partial charge in [0, 0.05) is 5.02 Å². The van der Waals surface area contributed by atoms with Gasteiger partial charge in [-0.15, -0.1) is 0 Å². The second-order valence-electron chi connectivity index (χ2n) is 4.27. The molecule has 0 aliphatic rings. The maximum absolute atomic E-state index is 6.12. The van der Waals surface area contributed by atoms with Crippen LogP contribution < -0.4 is 0 Å². The van der Waals surface area contributed by atoms with Crippen molar-refractivity contribution >= 4 is 11.6 Å². The zero-order valence-electron chi connectivity index (χ0n) is 9.47. The predicted octanol–water partition coefficient (Wildman–Crippen LogP) is 4.80. The summed E-state index contributed by atoms with van der Waals surface area (Å²) in [7, 11) is 0. The van der Waals surface area contributed by atoms with Crippen LogP contribution >= 0.6 is 11.6 Å². The molecular formula is C13H19Cl. The third kappa shape index (κ3) is 2.51. The van der Waals surface area contributed by atoms with Crippen LogP contribution in [-0.2, 0) is 0 Å². The highest BCUT2D eigenvalue weighted by atomic mass is 35.5. The number of hydrogen-bond acceptors (Lipinski definition) is 0. The molecule has 0 N–H and O–H groups in total. The molecule has 0 aromatic heterocycles. The van der Waals surface area contributed by atoms with E-state index in [0.29, 0.717) is 11.8 Å². The lowest BCUT2D eigenvalue weighted by Crippen LogP contribution is -2.05. The molecule has 0 saturated heterocycles. The van der Waals surface area contributed by atoms with E-state index in [0.717, 1.165) is 10.6 Å². The van der Waals surface area contributed by atoms with Gasteiger partial charge in [0.15, 0.2) is 0 Å². The Bertz CT molecular complexity index is 302. The summed E-state index contributed by atoms with van der Waals surface area (Å²) in [6.45, 7) is 8.81. The van der Waals surface area contributed by atoms with Gasteiger partial charge in [-0.25, -0.2) is 0 Å². The summed E-state index contributed by atoms with van der Waals surface area (Å²) >= 11 is 6.12. The van der Waals surface area contributed by atoms with Crippen molar-refractivity contribution in [1.29, 1.82) is 0 Å². The first-order valence-electron chi connectivity index (χ1n) is 5.32. The van der Waals surface area contributed by atoms with E-state index in [4.69, 9.17) is 11.6 Å². The Balaban J connectivity index is 3.00. The normalized spacial score (nSPS) is 13.3. The maximum Gasteiger partial charge on any atom is 0.0438 e. The van der Waals surface area contributed by atoms with Crippen molar-refractivity contribution in [3.8, 4) is 0 Å². The van der Waals surface area contributed by atoms with E-state index in [1.54, 1.807) is 0 Å². The van der Waals surface area contributed by atoms with Gasteiger partial charge >= 0.3 is 0 Å². The Morgan fingerprint density at radius 1 is 1.29 bits per heavy atom. The van der Waals surface area contributed by atoms with E-state index in [1.807, 2.05) is 6.92 Å². The predicted molar refractivity (Wildman–Crippen MR) is 64.1 cm³/mol. The SMILES string of the molecule is CC[C@H](c1ccc(C)c(Cl)c1)C(C)C. The van der Waals surface area contributed by atoms with Gasteiger partial charge in [-0.3, -0.25) is 0 Å². The van der Waals surface area contributed by atoms with Crippen molar-refractivity contribution in [3.05, 3.63) is 34.3 Å². The first-order valence-corrected chi connectivity index (χ1v) is 5.70. The van der Waals surface area contributed by atoms with E-state index in [-0.39, 0.29) is 0 Å². The van der Waals surface area contributed by atoms with E-state index in [9.17, 15) is 0 Å². The fourth-order valence-electron chi connectivity index (χ4n) is 1.93. The molecule has 1 atom stereocenters. The lowest BCUT2D eigenvalue weighted by molar-refractivity contribution is 0.485. The smallest absolute Gasteiger partial charge is 0.0438 e.